The van der Waals surface area contributed by atoms with E-state index in [1.807, 2.05) is 17.5 Å². The maximum Gasteiger partial charge on any atom is 0.228 e. The van der Waals surface area contributed by atoms with E-state index in [1.54, 1.807) is 23.1 Å². The smallest absolute Gasteiger partial charge is 0.228 e. The summed E-state index contributed by atoms with van der Waals surface area (Å²) < 4.78 is 7.78. The molecule has 2 fully saturated rings. The number of aromatic nitrogens is 5. The molecule has 1 aliphatic heterocycles. The molecule has 0 bridgehead atoms. The van der Waals surface area contributed by atoms with Crippen molar-refractivity contribution >= 4 is 29.0 Å². The van der Waals surface area contributed by atoms with Gasteiger partial charge in [-0.25, -0.2) is 0 Å². The highest BCUT2D eigenvalue weighted by Gasteiger charge is 2.31. The Labute approximate surface area is 172 Å². The Hall–Kier alpha value is -1.87. The molecule has 0 amide bonds. The van der Waals surface area contributed by atoms with Crippen molar-refractivity contribution in [1.29, 1.82) is 0 Å². The van der Waals surface area contributed by atoms with E-state index in [1.165, 1.54) is 32.1 Å². The van der Waals surface area contributed by atoms with Gasteiger partial charge in [0.15, 0.2) is 5.16 Å². The molecule has 0 aromatic carbocycles. The van der Waals surface area contributed by atoms with Crippen LogP contribution < -0.4 is 4.90 Å². The van der Waals surface area contributed by atoms with Gasteiger partial charge in [0.1, 0.15) is 0 Å². The van der Waals surface area contributed by atoms with Crippen LogP contribution in [0.2, 0.25) is 0 Å². The summed E-state index contributed by atoms with van der Waals surface area (Å²) in [4.78, 5) is 7.97. The first-order valence-corrected chi connectivity index (χ1v) is 11.9. The molecule has 0 radical (unpaired) electrons. The van der Waals surface area contributed by atoms with Gasteiger partial charge in [-0.15, -0.1) is 21.5 Å². The Morgan fingerprint density at radius 2 is 2.07 bits per heavy atom. The van der Waals surface area contributed by atoms with Crippen LogP contribution in [0.1, 0.15) is 50.5 Å². The highest BCUT2D eigenvalue weighted by atomic mass is 32.2. The lowest BCUT2D eigenvalue weighted by molar-refractivity contribution is 0.378. The summed E-state index contributed by atoms with van der Waals surface area (Å²) in [5.74, 6) is 3.46. The summed E-state index contributed by atoms with van der Waals surface area (Å²) >= 11 is 3.43. The lowest BCUT2D eigenvalue weighted by atomic mass is 10.1. The normalized spacial score (nSPS) is 17.4. The molecule has 0 spiro atoms. The van der Waals surface area contributed by atoms with Crippen LogP contribution in [0.4, 0.5) is 5.95 Å². The fraction of sp³-hybridized carbons (Fsp3) is 0.579. The second-order valence-corrected chi connectivity index (χ2v) is 9.38. The fourth-order valence-corrected chi connectivity index (χ4v) is 5.17. The third-order valence-corrected chi connectivity index (χ3v) is 7.07. The summed E-state index contributed by atoms with van der Waals surface area (Å²) in [6.45, 7) is 2.22. The number of anilines is 1. The maximum atomic E-state index is 5.39. The van der Waals surface area contributed by atoms with Crippen molar-refractivity contribution in [2.75, 3.05) is 23.7 Å². The zero-order chi connectivity index (χ0) is 18.8. The van der Waals surface area contributed by atoms with E-state index in [0.717, 1.165) is 47.7 Å². The van der Waals surface area contributed by atoms with Crippen molar-refractivity contribution < 1.29 is 4.52 Å². The van der Waals surface area contributed by atoms with Gasteiger partial charge in [0.2, 0.25) is 17.7 Å². The van der Waals surface area contributed by atoms with Crippen molar-refractivity contribution in [3.8, 4) is 10.7 Å². The van der Waals surface area contributed by atoms with Gasteiger partial charge in [0.25, 0.3) is 0 Å². The Kier molecular flexibility index (Phi) is 5.35. The van der Waals surface area contributed by atoms with Gasteiger partial charge in [-0.3, -0.25) is 4.57 Å². The molecular weight excluding hydrogens is 392 g/mol. The third-order valence-electron chi connectivity index (χ3n) is 5.17. The monoisotopic (exact) mass is 416 g/mol. The van der Waals surface area contributed by atoms with Gasteiger partial charge in [-0.2, -0.15) is 4.98 Å². The predicted molar refractivity (Wildman–Crippen MR) is 111 cm³/mol. The minimum absolute atomic E-state index is 0.596. The predicted octanol–water partition coefficient (Wildman–Crippen LogP) is 4.44. The van der Waals surface area contributed by atoms with E-state index in [0.29, 0.717) is 17.8 Å². The van der Waals surface area contributed by atoms with E-state index in [4.69, 9.17) is 4.52 Å². The Morgan fingerprint density at radius 1 is 1.18 bits per heavy atom. The van der Waals surface area contributed by atoms with Crippen LogP contribution >= 0.6 is 23.1 Å². The highest BCUT2D eigenvalue weighted by molar-refractivity contribution is 7.99. The summed E-state index contributed by atoms with van der Waals surface area (Å²) in [6, 6.07) is 4.61. The van der Waals surface area contributed by atoms with E-state index in [2.05, 4.69) is 29.8 Å². The summed E-state index contributed by atoms with van der Waals surface area (Å²) in [7, 11) is 0. The lowest BCUT2D eigenvalue weighted by Crippen LogP contribution is -2.31. The fourth-order valence-electron chi connectivity index (χ4n) is 3.58. The molecule has 3 aromatic rings. The largest absolute Gasteiger partial charge is 0.341 e. The number of hydrogen-bond acceptors (Lipinski definition) is 8. The van der Waals surface area contributed by atoms with Gasteiger partial charge in [0.05, 0.1) is 4.88 Å². The average molecular weight is 417 g/mol. The summed E-state index contributed by atoms with van der Waals surface area (Å²) in [5.41, 5.74) is 0. The minimum Gasteiger partial charge on any atom is -0.341 e. The molecule has 28 heavy (non-hydrogen) atoms. The third kappa shape index (κ3) is 3.96. The molecule has 1 aliphatic carbocycles. The van der Waals surface area contributed by atoms with Crippen LogP contribution in [0.3, 0.4) is 0 Å². The van der Waals surface area contributed by atoms with Crippen LogP contribution in [0.5, 0.6) is 0 Å². The molecule has 7 nitrogen and oxygen atoms in total. The molecule has 0 N–H and O–H groups in total. The van der Waals surface area contributed by atoms with Crippen LogP contribution in [0.15, 0.2) is 27.2 Å². The molecule has 0 unspecified atom stereocenters. The van der Waals surface area contributed by atoms with Gasteiger partial charge < -0.3 is 9.42 Å². The number of thiophene rings is 1. The second kappa shape index (κ2) is 8.24. The van der Waals surface area contributed by atoms with Crippen LogP contribution in [-0.2, 0) is 6.42 Å². The molecule has 2 aliphatic rings. The van der Waals surface area contributed by atoms with Gasteiger partial charge in [0, 0.05) is 31.3 Å². The van der Waals surface area contributed by atoms with Crippen molar-refractivity contribution in [2.24, 2.45) is 0 Å². The number of aryl methyl sites for hydroxylation is 1. The van der Waals surface area contributed by atoms with Crippen molar-refractivity contribution in [2.45, 2.75) is 56.1 Å². The number of piperidine rings is 1. The molecule has 9 heteroatoms. The van der Waals surface area contributed by atoms with Crippen molar-refractivity contribution in [3.05, 3.63) is 23.4 Å². The minimum atomic E-state index is 0.596. The zero-order valence-electron chi connectivity index (χ0n) is 15.8. The number of thioether (sulfide) groups is 1. The highest BCUT2D eigenvalue weighted by Crippen LogP contribution is 2.41. The van der Waals surface area contributed by atoms with E-state index in [9.17, 15) is 0 Å². The second-order valence-electron chi connectivity index (χ2n) is 7.37. The van der Waals surface area contributed by atoms with Gasteiger partial charge >= 0.3 is 0 Å². The molecule has 1 saturated heterocycles. The Morgan fingerprint density at radius 3 is 2.86 bits per heavy atom. The quantitative estimate of drug-likeness (QED) is 0.397. The van der Waals surface area contributed by atoms with Crippen LogP contribution in [0, 0.1) is 0 Å². The van der Waals surface area contributed by atoms with Crippen LogP contribution in [0.25, 0.3) is 10.7 Å². The molecule has 1 saturated carbocycles. The first-order valence-electron chi connectivity index (χ1n) is 10.1. The Bertz CT molecular complexity index is 896. The first-order chi connectivity index (χ1) is 13.9. The average Bonchev–Trinajstić information content (AvgIpc) is 3.15. The topological polar surface area (TPSA) is 72.9 Å². The number of nitrogens with zero attached hydrogens (tertiary/aromatic N) is 6. The lowest BCUT2D eigenvalue weighted by Gasteiger charge is -2.27. The van der Waals surface area contributed by atoms with E-state index < -0.39 is 0 Å². The number of hydrogen-bond donors (Lipinski definition) is 0. The molecule has 5 rings (SSSR count). The summed E-state index contributed by atoms with van der Waals surface area (Å²) in [6.07, 6.45) is 8.13. The first kappa shape index (κ1) is 18.2. The standard InChI is InChI=1S/C19H24N6OS2/c1-2-10-24(11-3-1)18-21-22-19(25(18)14-8-9-14)28-13-5-7-16-20-17(23-26-16)15-6-4-12-27-15/h4,6,12,14H,1-3,5,7-11,13H2. The van der Waals surface area contributed by atoms with E-state index in [-0.39, 0.29) is 0 Å². The summed E-state index contributed by atoms with van der Waals surface area (Å²) in [5, 5.41) is 16.2. The maximum absolute atomic E-state index is 5.39. The molecule has 148 valence electrons. The van der Waals surface area contributed by atoms with Crippen LogP contribution in [-0.4, -0.2) is 43.7 Å². The van der Waals surface area contributed by atoms with Crippen molar-refractivity contribution in [3.63, 3.8) is 0 Å². The van der Waals surface area contributed by atoms with Gasteiger partial charge in [-0.1, -0.05) is 23.0 Å². The van der Waals surface area contributed by atoms with Crippen molar-refractivity contribution in [1.82, 2.24) is 24.9 Å². The van der Waals surface area contributed by atoms with E-state index >= 15 is 0 Å². The Balaban J connectivity index is 1.17. The molecule has 4 heterocycles. The molecule has 0 atom stereocenters. The SMILES string of the molecule is c1csc(-c2noc(CCCSc3nnc(N4CCCCC4)n3C3CC3)n2)c1. The number of rotatable bonds is 8. The molecular formula is C19H24N6OS2. The van der Waals surface area contributed by atoms with Gasteiger partial charge in [-0.05, 0) is 50.0 Å². The zero-order valence-corrected chi connectivity index (χ0v) is 17.4. The molecule has 3 aromatic heterocycles.